The summed E-state index contributed by atoms with van der Waals surface area (Å²) in [6, 6.07) is 0. The Kier molecular flexibility index (Phi) is 1.90. The molecule has 8 heavy (non-hydrogen) atoms. The first-order chi connectivity index (χ1) is 3.70. The topological polar surface area (TPSA) is 3.24 Å². The summed E-state index contributed by atoms with van der Waals surface area (Å²) in [6.45, 7) is 2.49. The van der Waals surface area contributed by atoms with E-state index in [4.69, 9.17) is 0 Å². The molecule has 0 amide bonds. The minimum atomic E-state index is -0.237. The van der Waals surface area contributed by atoms with Gasteiger partial charge >= 0.3 is 0 Å². The first-order valence-corrected chi connectivity index (χ1v) is 8.30. The Morgan fingerprint density at radius 3 is 1.88 bits per heavy atom. The van der Waals surface area contributed by atoms with Crippen LogP contribution in [-0.2, 0) is 0 Å². The standard InChI is InChI=1S/C5H15NSi2/c1-6(2)8-4-7(3)5-8/h7-8H,4-5H2,1-3H3. The van der Waals surface area contributed by atoms with Crippen molar-refractivity contribution < 1.29 is 0 Å². The summed E-state index contributed by atoms with van der Waals surface area (Å²) >= 11 is 0. The average molecular weight is 145 g/mol. The highest BCUT2D eigenvalue weighted by atomic mass is 28.4. The van der Waals surface area contributed by atoms with Crippen LogP contribution in [0.5, 0.6) is 0 Å². The Balaban J connectivity index is 2.15. The van der Waals surface area contributed by atoms with E-state index < -0.39 is 0 Å². The predicted molar refractivity (Wildman–Crippen MR) is 43.5 cm³/mol. The molecule has 1 aliphatic rings. The molecule has 0 spiro atoms. The smallest absolute Gasteiger partial charge is 0.105 e. The number of hydrogen-bond acceptors (Lipinski definition) is 1. The van der Waals surface area contributed by atoms with Gasteiger partial charge < -0.3 is 4.57 Å². The monoisotopic (exact) mass is 145 g/mol. The lowest BCUT2D eigenvalue weighted by molar-refractivity contribution is 0.637. The van der Waals surface area contributed by atoms with Crippen LogP contribution in [0.2, 0.25) is 17.9 Å². The molecule has 1 heterocycles. The molecule has 0 unspecified atom stereocenters. The fraction of sp³-hybridized carbons (Fsp3) is 1.00. The van der Waals surface area contributed by atoms with Gasteiger partial charge in [0.1, 0.15) is 8.96 Å². The van der Waals surface area contributed by atoms with Crippen molar-refractivity contribution in [3.8, 4) is 0 Å². The lowest BCUT2D eigenvalue weighted by Crippen LogP contribution is -2.47. The lowest BCUT2D eigenvalue weighted by Gasteiger charge is -2.35. The van der Waals surface area contributed by atoms with E-state index in [2.05, 4.69) is 25.2 Å². The Morgan fingerprint density at radius 1 is 1.25 bits per heavy atom. The molecule has 0 aliphatic carbocycles. The molecule has 48 valence electrons. The Hall–Kier alpha value is 0.394. The van der Waals surface area contributed by atoms with Crippen LogP contribution in [0.25, 0.3) is 0 Å². The van der Waals surface area contributed by atoms with Crippen LogP contribution in [0.1, 0.15) is 0 Å². The van der Waals surface area contributed by atoms with Crippen LogP contribution in [0.15, 0.2) is 0 Å². The van der Waals surface area contributed by atoms with Gasteiger partial charge in [-0.15, -0.1) is 0 Å². The molecule has 1 aliphatic heterocycles. The fourth-order valence-electron chi connectivity index (χ4n) is 1.28. The van der Waals surface area contributed by atoms with Gasteiger partial charge in [0.05, 0.1) is 0 Å². The summed E-state index contributed by atoms with van der Waals surface area (Å²) in [5.74, 6) is 0. The van der Waals surface area contributed by atoms with Gasteiger partial charge in [-0.3, -0.25) is 0 Å². The Bertz CT molecular complexity index is 78.5. The zero-order valence-electron chi connectivity index (χ0n) is 6.02. The maximum absolute atomic E-state index is 2.49. The summed E-state index contributed by atoms with van der Waals surface area (Å²) in [5, 5.41) is 0. The molecule has 0 aromatic rings. The zero-order valence-corrected chi connectivity index (χ0v) is 8.33. The maximum Gasteiger partial charge on any atom is 0.105 e. The van der Waals surface area contributed by atoms with Crippen molar-refractivity contribution in [2.75, 3.05) is 14.1 Å². The molecule has 1 saturated heterocycles. The Labute approximate surface area is 55.0 Å². The van der Waals surface area contributed by atoms with Gasteiger partial charge in [-0.05, 0) is 14.1 Å². The molecule has 0 atom stereocenters. The minimum absolute atomic E-state index is 0.0631. The average Bonchev–Trinajstić information content (AvgIpc) is 1.57. The van der Waals surface area contributed by atoms with Gasteiger partial charge in [0, 0.05) is 8.80 Å². The molecule has 0 aromatic carbocycles. The van der Waals surface area contributed by atoms with Crippen molar-refractivity contribution in [2.45, 2.75) is 17.9 Å². The molecule has 1 rings (SSSR count). The summed E-state index contributed by atoms with van der Waals surface area (Å²) in [7, 11) is 4.19. The van der Waals surface area contributed by atoms with Crippen LogP contribution in [-0.4, -0.2) is 36.4 Å². The van der Waals surface area contributed by atoms with E-state index in [9.17, 15) is 0 Å². The minimum Gasteiger partial charge on any atom is -0.332 e. The first-order valence-electron chi connectivity index (χ1n) is 3.36. The third kappa shape index (κ3) is 1.21. The molecule has 3 heteroatoms. The molecular formula is C5H15NSi2. The van der Waals surface area contributed by atoms with Crippen LogP contribution >= 0.6 is 0 Å². The normalized spacial score (nSPS) is 37.5. The van der Waals surface area contributed by atoms with E-state index in [1.807, 2.05) is 0 Å². The molecule has 1 fully saturated rings. The van der Waals surface area contributed by atoms with Gasteiger partial charge in [-0.25, -0.2) is 0 Å². The molecular weight excluding hydrogens is 130 g/mol. The van der Waals surface area contributed by atoms with Gasteiger partial charge in [0.25, 0.3) is 0 Å². The predicted octanol–water partition coefficient (Wildman–Crippen LogP) is 0.221. The molecule has 0 bridgehead atoms. The van der Waals surface area contributed by atoms with E-state index in [-0.39, 0.29) is 17.8 Å². The van der Waals surface area contributed by atoms with E-state index in [1.165, 1.54) is 0 Å². The van der Waals surface area contributed by atoms with E-state index >= 15 is 0 Å². The maximum atomic E-state index is 2.49. The third-order valence-electron chi connectivity index (χ3n) is 2.08. The third-order valence-corrected chi connectivity index (χ3v) is 14.3. The van der Waals surface area contributed by atoms with Crippen LogP contribution in [0.4, 0.5) is 0 Å². The largest absolute Gasteiger partial charge is 0.332 e. The van der Waals surface area contributed by atoms with E-state index in [0.717, 1.165) is 0 Å². The van der Waals surface area contributed by atoms with E-state index in [0.29, 0.717) is 0 Å². The lowest BCUT2D eigenvalue weighted by atomic mass is 11.3. The number of nitrogens with zero attached hydrogens (tertiary/aromatic N) is 1. The summed E-state index contributed by atoms with van der Waals surface area (Å²) in [4.78, 5) is 0. The van der Waals surface area contributed by atoms with Crippen molar-refractivity contribution in [3.63, 3.8) is 0 Å². The van der Waals surface area contributed by atoms with Crippen molar-refractivity contribution in [1.82, 2.24) is 4.57 Å². The molecule has 1 nitrogen and oxygen atoms in total. The second-order valence-corrected chi connectivity index (χ2v) is 11.5. The quantitative estimate of drug-likeness (QED) is 0.477. The van der Waals surface area contributed by atoms with Gasteiger partial charge in [0.2, 0.25) is 0 Å². The number of rotatable bonds is 1. The summed E-state index contributed by atoms with van der Waals surface area (Å²) in [6.07, 6.45) is 0. The SMILES string of the molecule is CN(C)[SiH]1C[SiH](C)C1. The van der Waals surface area contributed by atoms with Gasteiger partial charge in [-0.1, -0.05) is 17.9 Å². The molecule has 0 saturated carbocycles. The molecule has 0 aromatic heterocycles. The zero-order chi connectivity index (χ0) is 6.15. The number of hydrogen-bond donors (Lipinski definition) is 0. The Morgan fingerprint density at radius 2 is 1.75 bits per heavy atom. The second kappa shape index (κ2) is 2.33. The molecule has 0 N–H and O–H groups in total. The van der Waals surface area contributed by atoms with Crippen LogP contribution in [0, 0.1) is 0 Å². The second-order valence-electron chi connectivity index (χ2n) is 3.19. The highest BCUT2D eigenvalue weighted by Crippen LogP contribution is 2.20. The highest BCUT2D eigenvalue weighted by molar-refractivity contribution is 6.93. The van der Waals surface area contributed by atoms with E-state index in [1.54, 1.807) is 11.3 Å². The molecule has 0 radical (unpaired) electrons. The summed E-state index contributed by atoms with van der Waals surface area (Å²) < 4.78 is 2.49. The van der Waals surface area contributed by atoms with Crippen LogP contribution < -0.4 is 0 Å². The first kappa shape index (κ1) is 6.51. The van der Waals surface area contributed by atoms with Gasteiger partial charge in [0.15, 0.2) is 0 Å². The van der Waals surface area contributed by atoms with Crippen molar-refractivity contribution >= 4 is 17.8 Å². The highest BCUT2D eigenvalue weighted by Gasteiger charge is 2.29. The van der Waals surface area contributed by atoms with Crippen molar-refractivity contribution in [3.05, 3.63) is 0 Å². The fourth-order valence-corrected chi connectivity index (χ4v) is 11.5. The van der Waals surface area contributed by atoms with Crippen molar-refractivity contribution in [2.24, 2.45) is 0 Å². The summed E-state index contributed by atoms with van der Waals surface area (Å²) in [5.41, 5.74) is 3.38. The van der Waals surface area contributed by atoms with Crippen molar-refractivity contribution in [1.29, 1.82) is 0 Å². The van der Waals surface area contributed by atoms with Crippen LogP contribution in [0.3, 0.4) is 0 Å². The van der Waals surface area contributed by atoms with Gasteiger partial charge in [-0.2, -0.15) is 0 Å².